The quantitative estimate of drug-likeness (QED) is 0.476. The van der Waals surface area contributed by atoms with Crippen molar-refractivity contribution in [2.45, 2.75) is 18.7 Å². The van der Waals surface area contributed by atoms with Gasteiger partial charge >= 0.3 is 0 Å². The Bertz CT molecular complexity index is 1200. The first kappa shape index (κ1) is 21.2. The molecule has 0 unspecified atom stereocenters. The number of para-hydroxylation sites is 1. The van der Waals surface area contributed by atoms with Gasteiger partial charge in [-0.2, -0.15) is 0 Å². The van der Waals surface area contributed by atoms with Gasteiger partial charge in [-0.15, -0.1) is 0 Å². The molecule has 4 nitrogen and oxygen atoms in total. The van der Waals surface area contributed by atoms with Gasteiger partial charge in [-0.1, -0.05) is 41.6 Å². The number of carbonyl (C=O) groups is 2. The molecule has 0 saturated heterocycles. The molecule has 31 heavy (non-hydrogen) atoms. The van der Waals surface area contributed by atoms with Crippen LogP contribution >= 0.6 is 23.4 Å². The Hall–Kier alpha value is -3.09. The Morgan fingerprint density at radius 2 is 1.55 bits per heavy atom. The molecule has 3 aromatic carbocycles. The Morgan fingerprint density at radius 1 is 0.903 bits per heavy atom. The van der Waals surface area contributed by atoms with Crippen molar-refractivity contribution in [2.24, 2.45) is 0 Å². The van der Waals surface area contributed by atoms with Crippen LogP contribution in [0.15, 0.2) is 82.2 Å². The molecule has 0 radical (unpaired) electrons. The second-order valence-electron chi connectivity index (χ2n) is 7.16. The van der Waals surface area contributed by atoms with Crippen molar-refractivity contribution >= 4 is 46.6 Å². The zero-order valence-corrected chi connectivity index (χ0v) is 18.4. The van der Waals surface area contributed by atoms with Crippen LogP contribution in [-0.4, -0.2) is 11.8 Å². The molecule has 156 valence electrons. The summed E-state index contributed by atoms with van der Waals surface area (Å²) in [7, 11) is 0. The minimum absolute atomic E-state index is 0.0797. The Labute approximate surface area is 188 Å². The third kappa shape index (κ3) is 4.36. The fourth-order valence-electron chi connectivity index (χ4n) is 3.38. The van der Waals surface area contributed by atoms with Crippen LogP contribution in [0.4, 0.5) is 15.8 Å². The van der Waals surface area contributed by atoms with Crippen molar-refractivity contribution in [1.29, 1.82) is 0 Å². The maximum Gasteiger partial charge on any atom is 0.283 e. The van der Waals surface area contributed by atoms with Crippen LogP contribution in [-0.2, 0) is 9.59 Å². The number of carbonyl (C=O) groups excluding carboxylic acids is 2. The number of rotatable bonds is 5. The maximum atomic E-state index is 14.4. The van der Waals surface area contributed by atoms with E-state index in [9.17, 15) is 14.0 Å². The van der Waals surface area contributed by atoms with E-state index in [0.29, 0.717) is 10.7 Å². The number of amides is 2. The minimum atomic E-state index is -0.646. The lowest BCUT2D eigenvalue weighted by Crippen LogP contribution is -2.33. The fourth-order valence-corrected chi connectivity index (χ4v) is 4.43. The molecule has 0 aliphatic carbocycles. The smallest absolute Gasteiger partial charge is 0.283 e. The van der Waals surface area contributed by atoms with E-state index in [1.807, 2.05) is 32.0 Å². The molecule has 4 rings (SSSR count). The van der Waals surface area contributed by atoms with Crippen LogP contribution in [0.2, 0.25) is 5.02 Å². The predicted molar refractivity (Wildman–Crippen MR) is 123 cm³/mol. The monoisotopic (exact) mass is 452 g/mol. The van der Waals surface area contributed by atoms with E-state index in [1.165, 1.54) is 18.2 Å². The highest BCUT2D eigenvalue weighted by Gasteiger charge is 2.41. The number of hydrogen-bond acceptors (Lipinski definition) is 4. The van der Waals surface area contributed by atoms with Gasteiger partial charge in [0.25, 0.3) is 11.8 Å². The van der Waals surface area contributed by atoms with E-state index in [1.54, 1.807) is 30.3 Å². The maximum absolute atomic E-state index is 14.4. The van der Waals surface area contributed by atoms with Gasteiger partial charge in [0.15, 0.2) is 0 Å². The lowest BCUT2D eigenvalue weighted by atomic mass is 10.1. The Morgan fingerprint density at radius 3 is 2.19 bits per heavy atom. The van der Waals surface area contributed by atoms with Gasteiger partial charge in [-0.3, -0.25) is 9.59 Å². The Balaban J connectivity index is 1.78. The summed E-state index contributed by atoms with van der Waals surface area (Å²) in [6, 6.07) is 18.4. The topological polar surface area (TPSA) is 49.4 Å². The number of nitrogens with zero attached hydrogens (tertiary/aromatic N) is 1. The van der Waals surface area contributed by atoms with Crippen LogP contribution in [0, 0.1) is 19.7 Å². The molecule has 0 atom stereocenters. The number of benzene rings is 3. The van der Waals surface area contributed by atoms with Crippen molar-refractivity contribution in [2.75, 3.05) is 10.2 Å². The van der Waals surface area contributed by atoms with E-state index in [4.69, 9.17) is 11.6 Å². The average molecular weight is 453 g/mol. The van der Waals surface area contributed by atoms with Crippen molar-refractivity contribution < 1.29 is 14.0 Å². The summed E-state index contributed by atoms with van der Waals surface area (Å²) in [5, 5.41) is 3.67. The lowest BCUT2D eigenvalue weighted by Gasteiger charge is -2.16. The molecule has 1 aliphatic heterocycles. The first-order valence-electron chi connectivity index (χ1n) is 9.50. The minimum Gasteiger partial charge on any atom is -0.350 e. The van der Waals surface area contributed by atoms with Crippen LogP contribution in [0.25, 0.3) is 0 Å². The number of hydrogen-bond donors (Lipinski definition) is 1. The number of aryl methyl sites for hydroxylation is 2. The third-order valence-electron chi connectivity index (χ3n) is 4.66. The highest BCUT2D eigenvalue weighted by Crippen LogP contribution is 2.38. The van der Waals surface area contributed by atoms with Gasteiger partial charge in [0.05, 0.1) is 5.69 Å². The number of anilines is 2. The first-order chi connectivity index (χ1) is 14.8. The molecule has 0 bridgehead atoms. The van der Waals surface area contributed by atoms with E-state index in [2.05, 4.69) is 5.32 Å². The van der Waals surface area contributed by atoms with Crippen LogP contribution < -0.4 is 10.2 Å². The predicted octanol–water partition coefficient (Wildman–Crippen LogP) is 6.09. The second-order valence-corrected chi connectivity index (χ2v) is 8.68. The summed E-state index contributed by atoms with van der Waals surface area (Å²) in [6.45, 7) is 3.90. The van der Waals surface area contributed by atoms with Gasteiger partial charge in [-0.25, -0.2) is 9.29 Å². The SMILES string of the molecule is Cc1cc(C)cc(NC2=C(Sc3ccc(Cl)cc3)C(=O)N(c3ccccc3F)C2=O)c1. The average Bonchev–Trinajstić information content (AvgIpc) is 2.93. The highest BCUT2D eigenvalue weighted by atomic mass is 35.5. The Kier molecular flexibility index (Phi) is 5.85. The molecule has 1 aliphatic rings. The molecule has 3 aromatic rings. The van der Waals surface area contributed by atoms with Crippen LogP contribution in [0.1, 0.15) is 11.1 Å². The lowest BCUT2D eigenvalue weighted by molar-refractivity contribution is -0.120. The fraction of sp³-hybridized carbons (Fsp3) is 0.0833. The highest BCUT2D eigenvalue weighted by molar-refractivity contribution is 8.04. The third-order valence-corrected chi connectivity index (χ3v) is 6.00. The number of halogens is 2. The van der Waals surface area contributed by atoms with Crippen molar-refractivity contribution in [3.63, 3.8) is 0 Å². The molecular formula is C24H18ClFN2O2S. The van der Waals surface area contributed by atoms with Crippen molar-refractivity contribution in [3.05, 3.63) is 99.3 Å². The van der Waals surface area contributed by atoms with E-state index >= 15 is 0 Å². The van der Waals surface area contributed by atoms with Gasteiger partial charge < -0.3 is 5.32 Å². The molecule has 0 saturated carbocycles. The second kappa shape index (κ2) is 8.57. The van der Waals surface area contributed by atoms with Gasteiger partial charge in [0.2, 0.25) is 0 Å². The summed E-state index contributed by atoms with van der Waals surface area (Å²) in [5.41, 5.74) is 2.73. The standard InChI is InChI=1S/C24H18ClFN2O2S/c1-14-11-15(2)13-17(12-14)27-21-22(31-18-9-7-16(25)8-10-18)24(30)28(23(21)29)20-6-4-3-5-19(20)26/h3-13,27H,1-2H3. The molecule has 1 N–H and O–H groups in total. The number of nitrogens with one attached hydrogen (secondary N) is 1. The van der Waals surface area contributed by atoms with E-state index < -0.39 is 17.6 Å². The van der Waals surface area contributed by atoms with Gasteiger partial charge in [0, 0.05) is 15.6 Å². The molecule has 1 heterocycles. The molecule has 0 spiro atoms. The molecule has 7 heteroatoms. The first-order valence-corrected chi connectivity index (χ1v) is 10.7. The number of thioether (sulfide) groups is 1. The molecule has 0 aromatic heterocycles. The largest absolute Gasteiger partial charge is 0.350 e. The zero-order chi connectivity index (χ0) is 22.1. The summed E-state index contributed by atoms with van der Waals surface area (Å²) >= 11 is 7.10. The summed E-state index contributed by atoms with van der Waals surface area (Å²) in [4.78, 5) is 28.3. The summed E-state index contributed by atoms with van der Waals surface area (Å²) in [5.74, 6) is -1.83. The zero-order valence-electron chi connectivity index (χ0n) is 16.8. The van der Waals surface area contributed by atoms with Gasteiger partial charge in [-0.05, 0) is 73.5 Å². The normalized spacial score (nSPS) is 13.9. The van der Waals surface area contributed by atoms with Crippen molar-refractivity contribution in [1.82, 2.24) is 0 Å². The van der Waals surface area contributed by atoms with E-state index in [0.717, 1.165) is 32.7 Å². The van der Waals surface area contributed by atoms with E-state index in [-0.39, 0.29) is 16.3 Å². The van der Waals surface area contributed by atoms with Crippen molar-refractivity contribution in [3.8, 4) is 0 Å². The summed E-state index contributed by atoms with van der Waals surface area (Å²) in [6.07, 6.45) is 0. The molecule has 0 fully saturated rings. The molecule has 2 amide bonds. The van der Waals surface area contributed by atoms with Crippen LogP contribution in [0.3, 0.4) is 0 Å². The number of imide groups is 1. The summed E-state index contributed by atoms with van der Waals surface area (Å²) < 4.78 is 14.4. The van der Waals surface area contributed by atoms with Crippen LogP contribution in [0.5, 0.6) is 0 Å². The molecular weight excluding hydrogens is 435 g/mol. The van der Waals surface area contributed by atoms with Gasteiger partial charge in [0.1, 0.15) is 16.4 Å².